The summed E-state index contributed by atoms with van der Waals surface area (Å²) in [6, 6.07) is 17.0. The average molecular weight is 265 g/mol. The summed E-state index contributed by atoms with van der Waals surface area (Å²) in [5.74, 6) is 0.545. The van der Waals surface area contributed by atoms with Gasteiger partial charge in [0.25, 0.3) is 6.01 Å². The summed E-state index contributed by atoms with van der Waals surface area (Å²) < 4.78 is 5.68. The number of anilines is 2. The smallest absolute Gasteiger partial charge is 0.296 e. The number of nitrogens with zero attached hydrogens (tertiary/aromatic N) is 1. The van der Waals surface area contributed by atoms with Gasteiger partial charge in [-0.3, -0.25) is 0 Å². The number of hydrogen-bond donors (Lipinski definition) is 2. The Morgan fingerprint density at radius 3 is 2.75 bits per heavy atom. The molecule has 2 aromatic carbocycles. The quantitative estimate of drug-likeness (QED) is 0.712. The first kappa shape index (κ1) is 11.3. The lowest BCUT2D eigenvalue weighted by molar-refractivity contribution is 0.613. The molecular formula is C16H15N3O. The second-order valence-corrected chi connectivity index (χ2v) is 5.22. The maximum atomic E-state index is 5.88. The summed E-state index contributed by atoms with van der Waals surface area (Å²) in [5.41, 5.74) is 9.35. The second-order valence-electron chi connectivity index (χ2n) is 5.22. The third kappa shape index (κ3) is 1.90. The molecule has 0 radical (unpaired) electrons. The van der Waals surface area contributed by atoms with Crippen LogP contribution in [-0.4, -0.2) is 11.0 Å². The first-order valence-corrected chi connectivity index (χ1v) is 6.78. The van der Waals surface area contributed by atoms with E-state index < -0.39 is 0 Å². The molecule has 0 aliphatic heterocycles. The van der Waals surface area contributed by atoms with E-state index in [-0.39, 0.29) is 0 Å². The lowest BCUT2D eigenvalue weighted by Gasteiger charge is -2.00. The highest BCUT2D eigenvalue weighted by atomic mass is 16.4. The van der Waals surface area contributed by atoms with E-state index in [1.165, 1.54) is 5.56 Å². The molecular weight excluding hydrogens is 250 g/mol. The molecule has 20 heavy (non-hydrogen) atoms. The number of nitrogens with two attached hydrogens (primary N) is 1. The van der Waals surface area contributed by atoms with Crippen LogP contribution < -0.4 is 11.1 Å². The second kappa shape index (κ2) is 4.27. The Hall–Kier alpha value is -2.49. The van der Waals surface area contributed by atoms with Gasteiger partial charge in [-0.1, -0.05) is 36.4 Å². The third-order valence-electron chi connectivity index (χ3n) is 3.78. The third-order valence-corrected chi connectivity index (χ3v) is 3.78. The summed E-state index contributed by atoms with van der Waals surface area (Å²) in [5, 5.41) is 3.35. The van der Waals surface area contributed by atoms with Crippen LogP contribution in [-0.2, 0) is 0 Å². The molecule has 1 heterocycles. The maximum absolute atomic E-state index is 5.88. The first-order chi connectivity index (χ1) is 9.81. The Morgan fingerprint density at radius 1 is 1.10 bits per heavy atom. The number of benzene rings is 2. The summed E-state index contributed by atoms with van der Waals surface area (Å²) >= 11 is 0. The minimum Gasteiger partial charge on any atom is -0.423 e. The Labute approximate surface area is 116 Å². The Morgan fingerprint density at radius 2 is 1.95 bits per heavy atom. The van der Waals surface area contributed by atoms with Crippen LogP contribution in [0.3, 0.4) is 0 Å². The minimum absolute atomic E-state index is 0.395. The van der Waals surface area contributed by atoms with Gasteiger partial charge in [-0.2, -0.15) is 4.98 Å². The van der Waals surface area contributed by atoms with Crippen LogP contribution in [0.2, 0.25) is 0 Å². The fourth-order valence-corrected chi connectivity index (χ4v) is 2.61. The number of oxazole rings is 1. The van der Waals surface area contributed by atoms with Gasteiger partial charge in [0.15, 0.2) is 5.58 Å². The number of nitrogens with one attached hydrogen (secondary N) is 1. The van der Waals surface area contributed by atoms with E-state index in [0.717, 1.165) is 17.5 Å². The number of aromatic nitrogens is 1. The van der Waals surface area contributed by atoms with Crippen molar-refractivity contribution in [3.05, 3.63) is 54.1 Å². The van der Waals surface area contributed by atoms with Crippen molar-refractivity contribution in [1.29, 1.82) is 0 Å². The van der Waals surface area contributed by atoms with Gasteiger partial charge >= 0.3 is 0 Å². The molecule has 2 atom stereocenters. The molecule has 3 N–H and O–H groups in total. The van der Waals surface area contributed by atoms with Gasteiger partial charge in [-0.15, -0.1) is 0 Å². The molecule has 4 rings (SSSR count). The van der Waals surface area contributed by atoms with Crippen LogP contribution >= 0.6 is 0 Å². The van der Waals surface area contributed by atoms with E-state index in [0.29, 0.717) is 23.7 Å². The summed E-state index contributed by atoms with van der Waals surface area (Å²) in [6.07, 6.45) is 1.11. The van der Waals surface area contributed by atoms with Crippen molar-refractivity contribution in [3.63, 3.8) is 0 Å². The molecule has 0 spiro atoms. The van der Waals surface area contributed by atoms with Crippen molar-refractivity contribution in [3.8, 4) is 0 Å². The van der Waals surface area contributed by atoms with Crippen LogP contribution in [0.1, 0.15) is 17.9 Å². The maximum Gasteiger partial charge on any atom is 0.296 e. The van der Waals surface area contributed by atoms with Gasteiger partial charge in [0.05, 0.1) is 5.69 Å². The molecule has 1 aliphatic rings. The van der Waals surface area contributed by atoms with Crippen molar-refractivity contribution in [1.82, 2.24) is 4.98 Å². The van der Waals surface area contributed by atoms with Crippen molar-refractivity contribution in [2.75, 3.05) is 11.1 Å². The lowest BCUT2D eigenvalue weighted by atomic mass is 10.1. The molecule has 1 aromatic heterocycles. The topological polar surface area (TPSA) is 64.1 Å². The first-order valence-electron chi connectivity index (χ1n) is 6.78. The minimum atomic E-state index is 0.395. The van der Waals surface area contributed by atoms with Crippen molar-refractivity contribution in [2.24, 2.45) is 0 Å². The lowest BCUT2D eigenvalue weighted by Crippen LogP contribution is -2.04. The van der Waals surface area contributed by atoms with Gasteiger partial charge < -0.3 is 15.5 Å². The van der Waals surface area contributed by atoms with Crippen molar-refractivity contribution in [2.45, 2.75) is 18.4 Å². The molecule has 3 aromatic rings. The van der Waals surface area contributed by atoms with Gasteiger partial charge in [-0.25, -0.2) is 0 Å². The number of fused-ring (bicyclic) bond motifs is 1. The fraction of sp³-hybridized carbons (Fsp3) is 0.188. The van der Waals surface area contributed by atoms with Crippen LogP contribution in [0.25, 0.3) is 11.1 Å². The van der Waals surface area contributed by atoms with E-state index in [1.54, 1.807) is 0 Å². The van der Waals surface area contributed by atoms with Crippen LogP contribution in [0.4, 0.5) is 11.7 Å². The van der Waals surface area contributed by atoms with Gasteiger partial charge in [0.2, 0.25) is 0 Å². The summed E-state index contributed by atoms with van der Waals surface area (Å²) in [6.45, 7) is 0. The zero-order chi connectivity index (χ0) is 13.5. The van der Waals surface area contributed by atoms with Crippen LogP contribution in [0, 0.1) is 0 Å². The van der Waals surface area contributed by atoms with E-state index in [4.69, 9.17) is 10.2 Å². The molecule has 1 fully saturated rings. The van der Waals surface area contributed by atoms with E-state index in [9.17, 15) is 0 Å². The Balaban J connectivity index is 1.54. The molecule has 4 heteroatoms. The summed E-state index contributed by atoms with van der Waals surface area (Å²) in [4.78, 5) is 4.42. The predicted octanol–water partition coefficient (Wildman–Crippen LogP) is 3.38. The molecule has 0 bridgehead atoms. The van der Waals surface area contributed by atoms with Gasteiger partial charge in [0, 0.05) is 12.0 Å². The fourth-order valence-electron chi connectivity index (χ4n) is 2.61. The van der Waals surface area contributed by atoms with Crippen LogP contribution in [0.15, 0.2) is 52.9 Å². The zero-order valence-electron chi connectivity index (χ0n) is 10.9. The SMILES string of the molecule is Nc1cccc2oc(NC3CC3c3ccccc3)nc12. The number of nitrogen functional groups attached to an aromatic ring is 1. The van der Waals surface area contributed by atoms with Gasteiger partial charge in [-0.05, 0) is 24.1 Å². The predicted molar refractivity (Wildman–Crippen MR) is 79.6 cm³/mol. The highest BCUT2D eigenvalue weighted by Gasteiger charge is 2.39. The molecule has 2 unspecified atom stereocenters. The molecule has 1 aliphatic carbocycles. The summed E-state index contributed by atoms with van der Waals surface area (Å²) in [7, 11) is 0. The normalized spacial score (nSPS) is 21.0. The highest BCUT2D eigenvalue weighted by Crippen LogP contribution is 2.42. The van der Waals surface area contributed by atoms with E-state index >= 15 is 0 Å². The Kier molecular flexibility index (Phi) is 2.42. The number of hydrogen-bond acceptors (Lipinski definition) is 4. The van der Waals surface area contributed by atoms with E-state index in [2.05, 4.69) is 34.6 Å². The van der Waals surface area contributed by atoms with Crippen LogP contribution in [0.5, 0.6) is 0 Å². The standard InChI is InChI=1S/C16H15N3O/c17-12-7-4-8-14-15(12)19-16(20-14)18-13-9-11(13)10-5-2-1-3-6-10/h1-8,11,13H,9,17H2,(H,18,19). The van der Waals surface area contributed by atoms with Gasteiger partial charge in [0.1, 0.15) is 5.52 Å². The number of para-hydroxylation sites is 1. The monoisotopic (exact) mass is 265 g/mol. The zero-order valence-corrected chi connectivity index (χ0v) is 10.9. The number of rotatable bonds is 3. The van der Waals surface area contributed by atoms with Crippen molar-refractivity contribution < 1.29 is 4.42 Å². The van der Waals surface area contributed by atoms with E-state index in [1.807, 2.05) is 24.3 Å². The van der Waals surface area contributed by atoms with Crippen molar-refractivity contribution >= 4 is 22.8 Å². The average Bonchev–Trinajstić information content (AvgIpc) is 3.10. The molecule has 0 saturated heterocycles. The molecule has 100 valence electrons. The Bertz CT molecular complexity index is 751. The molecule has 4 nitrogen and oxygen atoms in total. The molecule has 1 saturated carbocycles. The highest BCUT2D eigenvalue weighted by molar-refractivity contribution is 5.86. The largest absolute Gasteiger partial charge is 0.423 e. The molecule has 0 amide bonds.